The fraction of sp³-hybridized carbons (Fsp3) is 0.357. The summed E-state index contributed by atoms with van der Waals surface area (Å²) in [5.74, 6) is 0.477. The summed E-state index contributed by atoms with van der Waals surface area (Å²) < 4.78 is 40.0. The molecule has 6 heteroatoms. The third-order valence-corrected chi connectivity index (χ3v) is 3.54. The van der Waals surface area contributed by atoms with Crippen molar-refractivity contribution < 1.29 is 18.3 Å². The molecular formula is C14H13F3N2O. The Bertz CT molecular complexity index is 634. The van der Waals surface area contributed by atoms with Gasteiger partial charge in [-0.2, -0.15) is 13.2 Å². The highest BCUT2D eigenvalue weighted by Gasteiger charge is 2.31. The number of alkyl halides is 3. The quantitative estimate of drug-likeness (QED) is 0.870. The molecule has 1 atom stereocenters. The SMILES string of the molecule is OC1CCCn2c1cnc2-c1cccc(C(F)(F)F)c1. The number of nitrogens with zero attached hydrogens (tertiary/aromatic N) is 2. The van der Waals surface area contributed by atoms with Gasteiger partial charge in [0.1, 0.15) is 5.82 Å². The largest absolute Gasteiger partial charge is 0.416 e. The van der Waals surface area contributed by atoms with Crippen LogP contribution >= 0.6 is 0 Å². The van der Waals surface area contributed by atoms with Crippen LogP contribution in [0.1, 0.15) is 30.2 Å². The second-order valence-electron chi connectivity index (χ2n) is 4.89. The van der Waals surface area contributed by atoms with E-state index >= 15 is 0 Å². The van der Waals surface area contributed by atoms with Crippen LogP contribution in [-0.2, 0) is 12.7 Å². The van der Waals surface area contributed by atoms with Crippen LogP contribution < -0.4 is 0 Å². The zero-order valence-electron chi connectivity index (χ0n) is 10.6. The first kappa shape index (κ1) is 13.2. The molecule has 2 heterocycles. The van der Waals surface area contributed by atoms with Crippen molar-refractivity contribution in [3.05, 3.63) is 41.7 Å². The van der Waals surface area contributed by atoms with Gasteiger partial charge in [0.25, 0.3) is 0 Å². The van der Waals surface area contributed by atoms with E-state index in [0.717, 1.165) is 18.6 Å². The monoisotopic (exact) mass is 282 g/mol. The van der Waals surface area contributed by atoms with E-state index in [-0.39, 0.29) is 0 Å². The van der Waals surface area contributed by atoms with Gasteiger partial charge in [0.2, 0.25) is 0 Å². The Morgan fingerprint density at radius 1 is 1.30 bits per heavy atom. The number of aliphatic hydroxyl groups excluding tert-OH is 1. The fourth-order valence-electron chi connectivity index (χ4n) is 2.55. The van der Waals surface area contributed by atoms with Crippen molar-refractivity contribution in [3.8, 4) is 11.4 Å². The Balaban J connectivity index is 2.06. The van der Waals surface area contributed by atoms with Crippen molar-refractivity contribution >= 4 is 0 Å². The zero-order chi connectivity index (χ0) is 14.3. The van der Waals surface area contributed by atoms with Gasteiger partial charge < -0.3 is 9.67 Å². The maximum Gasteiger partial charge on any atom is 0.416 e. The van der Waals surface area contributed by atoms with Crippen LogP contribution in [0.5, 0.6) is 0 Å². The van der Waals surface area contributed by atoms with Crippen LogP contribution in [0.2, 0.25) is 0 Å². The molecule has 0 fully saturated rings. The first-order chi connectivity index (χ1) is 9.47. The summed E-state index contributed by atoms with van der Waals surface area (Å²) in [6.07, 6.45) is -1.97. The Hall–Kier alpha value is -1.82. The van der Waals surface area contributed by atoms with Gasteiger partial charge in [-0.1, -0.05) is 12.1 Å². The van der Waals surface area contributed by atoms with E-state index in [1.165, 1.54) is 6.07 Å². The molecule has 20 heavy (non-hydrogen) atoms. The number of imidazole rings is 1. The number of hydrogen-bond acceptors (Lipinski definition) is 2. The number of benzene rings is 1. The van der Waals surface area contributed by atoms with Crippen molar-refractivity contribution in [1.29, 1.82) is 0 Å². The fourth-order valence-corrected chi connectivity index (χ4v) is 2.55. The van der Waals surface area contributed by atoms with Gasteiger partial charge >= 0.3 is 6.18 Å². The highest BCUT2D eigenvalue weighted by molar-refractivity contribution is 5.58. The maximum atomic E-state index is 12.7. The number of hydrogen-bond donors (Lipinski definition) is 1. The van der Waals surface area contributed by atoms with Crippen LogP contribution in [0.3, 0.4) is 0 Å². The normalized spacial score (nSPS) is 18.9. The second kappa shape index (κ2) is 4.63. The van der Waals surface area contributed by atoms with Crippen LogP contribution in [0, 0.1) is 0 Å². The lowest BCUT2D eigenvalue weighted by atomic mass is 10.1. The summed E-state index contributed by atoms with van der Waals surface area (Å²) in [6, 6.07) is 5.11. The van der Waals surface area contributed by atoms with E-state index < -0.39 is 17.8 Å². The topological polar surface area (TPSA) is 38.0 Å². The summed E-state index contributed by atoms with van der Waals surface area (Å²) in [5, 5.41) is 9.86. The Labute approximate surface area is 113 Å². The summed E-state index contributed by atoms with van der Waals surface area (Å²) in [5.41, 5.74) is 0.396. The van der Waals surface area contributed by atoms with Gasteiger partial charge in [0.05, 0.1) is 23.6 Å². The van der Waals surface area contributed by atoms with Crippen molar-refractivity contribution in [2.24, 2.45) is 0 Å². The lowest BCUT2D eigenvalue weighted by Gasteiger charge is -2.21. The first-order valence-corrected chi connectivity index (χ1v) is 6.38. The smallest absolute Gasteiger partial charge is 0.387 e. The molecule has 0 saturated heterocycles. The van der Waals surface area contributed by atoms with Gasteiger partial charge in [-0.05, 0) is 25.0 Å². The minimum absolute atomic E-state index is 0.417. The number of halogens is 3. The number of fused-ring (bicyclic) bond motifs is 1. The Morgan fingerprint density at radius 2 is 2.10 bits per heavy atom. The van der Waals surface area contributed by atoms with E-state index in [9.17, 15) is 18.3 Å². The Morgan fingerprint density at radius 3 is 2.85 bits per heavy atom. The summed E-state index contributed by atoms with van der Waals surface area (Å²) >= 11 is 0. The van der Waals surface area contributed by atoms with Crippen molar-refractivity contribution in [3.63, 3.8) is 0 Å². The molecule has 2 aromatic rings. The number of rotatable bonds is 1. The molecular weight excluding hydrogens is 269 g/mol. The predicted octanol–water partition coefficient (Wildman–Crippen LogP) is 3.40. The van der Waals surface area contributed by atoms with Crippen molar-refractivity contribution in [2.45, 2.75) is 31.7 Å². The molecule has 0 saturated carbocycles. The molecule has 106 valence electrons. The van der Waals surface area contributed by atoms with Gasteiger partial charge in [0, 0.05) is 12.1 Å². The molecule has 0 amide bonds. The van der Waals surface area contributed by atoms with Crippen LogP contribution in [0.4, 0.5) is 13.2 Å². The Kier molecular flexibility index (Phi) is 3.05. The van der Waals surface area contributed by atoms with Crippen LogP contribution in [-0.4, -0.2) is 14.7 Å². The van der Waals surface area contributed by atoms with Crippen LogP contribution in [0.25, 0.3) is 11.4 Å². The van der Waals surface area contributed by atoms with E-state index in [4.69, 9.17) is 0 Å². The summed E-state index contributed by atoms with van der Waals surface area (Å²) in [6.45, 7) is 0.665. The molecule has 0 bridgehead atoms. The molecule has 1 aliphatic heterocycles. The van der Waals surface area contributed by atoms with Crippen LogP contribution in [0.15, 0.2) is 30.5 Å². The average molecular weight is 282 g/mol. The number of aliphatic hydroxyl groups is 1. The van der Waals surface area contributed by atoms with E-state index in [2.05, 4.69) is 4.98 Å². The molecule has 0 aliphatic carbocycles. The molecule has 0 radical (unpaired) electrons. The number of aromatic nitrogens is 2. The lowest BCUT2D eigenvalue weighted by Crippen LogP contribution is -2.15. The van der Waals surface area contributed by atoms with Crippen molar-refractivity contribution in [2.75, 3.05) is 0 Å². The zero-order valence-corrected chi connectivity index (χ0v) is 10.6. The summed E-state index contributed by atoms with van der Waals surface area (Å²) in [4.78, 5) is 4.18. The molecule has 1 unspecified atom stereocenters. The second-order valence-corrected chi connectivity index (χ2v) is 4.89. The van der Waals surface area contributed by atoms with Crippen molar-refractivity contribution in [1.82, 2.24) is 9.55 Å². The molecule has 1 aromatic heterocycles. The standard InChI is InChI=1S/C14H13F3N2O/c15-14(16,17)10-4-1-3-9(7-10)13-18-8-11-12(20)5-2-6-19(11)13/h1,3-4,7-8,12,20H,2,5-6H2. The molecule has 1 aromatic carbocycles. The lowest BCUT2D eigenvalue weighted by molar-refractivity contribution is -0.137. The van der Waals surface area contributed by atoms with Gasteiger partial charge in [-0.15, -0.1) is 0 Å². The van der Waals surface area contributed by atoms with E-state index in [0.29, 0.717) is 30.0 Å². The van der Waals surface area contributed by atoms with Gasteiger partial charge in [-0.3, -0.25) is 0 Å². The van der Waals surface area contributed by atoms with E-state index in [1.807, 2.05) is 0 Å². The third kappa shape index (κ3) is 2.20. The van der Waals surface area contributed by atoms with Gasteiger partial charge in [0.15, 0.2) is 0 Å². The molecule has 0 spiro atoms. The molecule has 3 rings (SSSR count). The molecule has 1 N–H and O–H groups in total. The summed E-state index contributed by atoms with van der Waals surface area (Å²) in [7, 11) is 0. The highest BCUT2D eigenvalue weighted by Crippen LogP contribution is 2.34. The molecule has 3 nitrogen and oxygen atoms in total. The third-order valence-electron chi connectivity index (χ3n) is 3.54. The van der Waals surface area contributed by atoms with Gasteiger partial charge in [-0.25, -0.2) is 4.98 Å². The predicted molar refractivity (Wildman–Crippen MR) is 66.9 cm³/mol. The first-order valence-electron chi connectivity index (χ1n) is 6.38. The molecule has 1 aliphatic rings. The minimum Gasteiger partial charge on any atom is -0.387 e. The van der Waals surface area contributed by atoms with E-state index in [1.54, 1.807) is 16.8 Å². The highest BCUT2D eigenvalue weighted by atomic mass is 19.4. The minimum atomic E-state index is -4.37. The average Bonchev–Trinajstić information content (AvgIpc) is 2.83. The maximum absolute atomic E-state index is 12.7.